The van der Waals surface area contributed by atoms with Crippen molar-refractivity contribution in [2.75, 3.05) is 0 Å². The van der Waals surface area contributed by atoms with Crippen LogP contribution in [-0.2, 0) is 7.05 Å². The third-order valence-electron chi connectivity index (χ3n) is 1.29. The van der Waals surface area contributed by atoms with E-state index in [4.69, 9.17) is 5.11 Å². The fraction of sp³-hybridized carbons (Fsp3) is 0.429. The van der Waals surface area contributed by atoms with Crippen molar-refractivity contribution >= 4 is 23.1 Å². The Hall–Kier alpha value is 0.416. The first-order valence-corrected chi connectivity index (χ1v) is 2.88. The van der Waals surface area contributed by atoms with Gasteiger partial charge in [-0.25, -0.2) is 0 Å². The Morgan fingerprint density at radius 3 is 2.25 bits per heavy atom. The van der Waals surface area contributed by atoms with Gasteiger partial charge < -0.3 is 29.5 Å². The van der Waals surface area contributed by atoms with E-state index >= 15 is 0 Å². The zero-order valence-electron chi connectivity index (χ0n) is 7.66. The molecule has 12 heavy (non-hydrogen) atoms. The van der Waals surface area contributed by atoms with E-state index < -0.39 is 6.10 Å². The zero-order valence-corrected chi connectivity index (χ0v) is 10.7. The fourth-order valence-corrected chi connectivity index (χ4v) is 0.794. The number of aliphatic hydroxyl groups is 1. The molecule has 0 spiro atoms. The van der Waals surface area contributed by atoms with Gasteiger partial charge in [0.2, 0.25) is 0 Å². The smallest absolute Gasteiger partial charge is 1.00 e. The summed E-state index contributed by atoms with van der Waals surface area (Å²) in [6.07, 6.45) is 1.25. The van der Waals surface area contributed by atoms with Gasteiger partial charge >= 0.3 is 23.1 Å². The van der Waals surface area contributed by atoms with Crippen molar-refractivity contribution in [3.8, 4) is 0 Å². The zero-order chi connectivity index (χ0) is 6.85. The van der Waals surface area contributed by atoms with Gasteiger partial charge in [0.1, 0.15) is 0 Å². The van der Waals surface area contributed by atoms with Crippen LogP contribution in [0.2, 0.25) is 0 Å². The normalized spacial score (nSPS) is 10.2. The van der Waals surface area contributed by atoms with Crippen molar-refractivity contribution in [1.29, 1.82) is 0 Å². The van der Waals surface area contributed by atoms with Crippen molar-refractivity contribution in [3.05, 3.63) is 25.4 Å². The van der Waals surface area contributed by atoms with E-state index in [1.807, 2.05) is 7.05 Å². The Bertz CT molecular complexity index is 203. The van der Waals surface area contributed by atoms with Crippen LogP contribution in [0.5, 0.6) is 0 Å². The molecule has 0 bridgehead atoms. The van der Waals surface area contributed by atoms with E-state index in [-0.39, 0.29) is 47.5 Å². The molecule has 1 N–H and O–H groups in total. The van der Waals surface area contributed by atoms with Crippen LogP contribution in [0.3, 0.4) is 0 Å². The molecule has 1 rings (SSSR count). The maximum Gasteiger partial charge on any atom is 2.00 e. The predicted molar refractivity (Wildman–Crippen MR) is 46.0 cm³/mol. The van der Waals surface area contributed by atoms with Gasteiger partial charge in [0.05, 0.1) is 11.8 Å². The first kappa shape index (κ1) is 18.3. The molecule has 1 heterocycles. The molecule has 0 radical (unpaired) electrons. The molecule has 1 atom stereocenters. The van der Waals surface area contributed by atoms with Crippen LogP contribution in [0.4, 0.5) is 0 Å². The largest absolute Gasteiger partial charge is 2.00 e. The summed E-state index contributed by atoms with van der Waals surface area (Å²) in [6, 6.07) is 1.80. The van der Waals surface area contributed by atoms with Crippen molar-refractivity contribution in [1.82, 2.24) is 9.78 Å². The van der Waals surface area contributed by atoms with Crippen LogP contribution < -0.4 is 17.0 Å². The molecule has 0 aliphatic carbocycles. The fourth-order valence-electron chi connectivity index (χ4n) is 0.794. The molecule has 0 aliphatic heterocycles. The third kappa shape index (κ3) is 4.44. The Morgan fingerprint density at radius 2 is 2.08 bits per heavy atom. The maximum atomic E-state index is 9.03. The van der Waals surface area contributed by atoms with Crippen LogP contribution in [0.1, 0.15) is 18.7 Å². The SMILES string of the molecule is CC(O)c1ccnn1C.[Br-].[CH3-].[Mg+2]. The minimum absolute atomic E-state index is 0. The Morgan fingerprint density at radius 1 is 1.58 bits per heavy atom. The van der Waals surface area contributed by atoms with Gasteiger partial charge in [0.25, 0.3) is 0 Å². The molecule has 0 saturated carbocycles. The van der Waals surface area contributed by atoms with Crippen molar-refractivity contribution in [3.63, 3.8) is 0 Å². The van der Waals surface area contributed by atoms with Gasteiger partial charge in [-0.1, -0.05) is 0 Å². The topological polar surface area (TPSA) is 38.1 Å². The summed E-state index contributed by atoms with van der Waals surface area (Å²) in [7, 11) is 1.81. The Balaban J connectivity index is -0.000000270. The van der Waals surface area contributed by atoms with E-state index in [2.05, 4.69) is 5.10 Å². The van der Waals surface area contributed by atoms with Crippen LogP contribution in [0.15, 0.2) is 12.3 Å². The summed E-state index contributed by atoms with van der Waals surface area (Å²) in [6.45, 7) is 1.72. The van der Waals surface area contributed by atoms with Crippen molar-refractivity contribution < 1.29 is 22.1 Å². The first-order chi connectivity index (χ1) is 4.22. The summed E-state index contributed by atoms with van der Waals surface area (Å²) in [5.41, 5.74) is 0.843. The maximum absolute atomic E-state index is 9.03. The van der Waals surface area contributed by atoms with Crippen molar-refractivity contribution in [2.45, 2.75) is 13.0 Å². The number of halogens is 1. The molecular formula is C7H13BrMgN2O. The average molecular weight is 245 g/mol. The standard InChI is InChI=1S/C6H10N2O.CH3.BrH.Mg/c1-5(9)6-3-4-7-8(6)2;;;/h3-5,9H,1-2H3;1H3;1H;/q;-1;;+2/p-1. The Labute approximate surface area is 100 Å². The predicted octanol–water partition coefficient (Wildman–Crippen LogP) is -2.45. The second kappa shape index (κ2) is 8.03. The Kier molecular flexibility index (Phi) is 12.2. The minimum Gasteiger partial charge on any atom is -1.00 e. The average Bonchev–Trinajstić information content (AvgIpc) is 2.13. The quantitative estimate of drug-likeness (QED) is 0.440. The van der Waals surface area contributed by atoms with Gasteiger partial charge in [-0.05, 0) is 13.0 Å². The summed E-state index contributed by atoms with van der Waals surface area (Å²) in [4.78, 5) is 0. The molecule has 5 heteroatoms. The summed E-state index contributed by atoms with van der Waals surface area (Å²) < 4.78 is 1.66. The van der Waals surface area contributed by atoms with Gasteiger partial charge in [-0.3, -0.25) is 4.68 Å². The molecule has 0 aliphatic rings. The number of nitrogens with zero attached hydrogens (tertiary/aromatic N) is 2. The molecule has 1 aromatic rings. The van der Waals surface area contributed by atoms with Crippen molar-refractivity contribution in [2.24, 2.45) is 7.05 Å². The molecule has 3 nitrogen and oxygen atoms in total. The van der Waals surface area contributed by atoms with E-state index in [9.17, 15) is 0 Å². The first-order valence-electron chi connectivity index (χ1n) is 2.88. The summed E-state index contributed by atoms with van der Waals surface area (Å²) in [5, 5.41) is 12.9. The van der Waals surface area contributed by atoms with Gasteiger partial charge in [0, 0.05) is 13.2 Å². The molecule has 66 valence electrons. The van der Waals surface area contributed by atoms with E-state index in [0.29, 0.717) is 0 Å². The molecule has 1 unspecified atom stereocenters. The van der Waals surface area contributed by atoms with Crippen LogP contribution in [0, 0.1) is 7.43 Å². The molecule has 0 amide bonds. The minimum atomic E-state index is -0.419. The second-order valence-electron chi connectivity index (χ2n) is 2.06. The number of rotatable bonds is 1. The number of aliphatic hydroxyl groups excluding tert-OH is 1. The molecule has 0 aromatic carbocycles. The molecule has 0 saturated heterocycles. The van der Waals surface area contributed by atoms with E-state index in [0.717, 1.165) is 5.69 Å². The van der Waals surface area contributed by atoms with Crippen LogP contribution >= 0.6 is 0 Å². The number of aromatic nitrogens is 2. The van der Waals surface area contributed by atoms with E-state index in [1.165, 1.54) is 0 Å². The number of aryl methyl sites for hydroxylation is 1. The number of hydrogen-bond donors (Lipinski definition) is 1. The van der Waals surface area contributed by atoms with Crippen LogP contribution in [0.25, 0.3) is 0 Å². The van der Waals surface area contributed by atoms with Gasteiger partial charge in [0.15, 0.2) is 0 Å². The monoisotopic (exact) mass is 244 g/mol. The summed E-state index contributed by atoms with van der Waals surface area (Å²) in [5.74, 6) is 0. The third-order valence-corrected chi connectivity index (χ3v) is 1.29. The van der Waals surface area contributed by atoms with E-state index in [1.54, 1.807) is 23.9 Å². The van der Waals surface area contributed by atoms with Gasteiger partial charge in [-0.2, -0.15) is 5.10 Å². The van der Waals surface area contributed by atoms with Gasteiger partial charge in [-0.15, -0.1) is 0 Å². The summed E-state index contributed by atoms with van der Waals surface area (Å²) >= 11 is 0. The molecular weight excluding hydrogens is 232 g/mol. The molecule has 0 fully saturated rings. The molecule has 1 aromatic heterocycles. The number of hydrogen-bond acceptors (Lipinski definition) is 2. The second-order valence-corrected chi connectivity index (χ2v) is 2.06. The van der Waals surface area contributed by atoms with Crippen LogP contribution in [-0.4, -0.2) is 37.9 Å².